The maximum atomic E-state index is 12.8. The van der Waals surface area contributed by atoms with Gasteiger partial charge in [-0.3, -0.25) is 4.79 Å². The first-order valence-electron chi connectivity index (χ1n) is 8.78. The highest BCUT2D eigenvalue weighted by atomic mass is 35.5. The van der Waals surface area contributed by atoms with Crippen LogP contribution in [0, 0.1) is 28.1 Å². The van der Waals surface area contributed by atoms with E-state index in [2.05, 4.69) is 12.1 Å². The maximum Gasteiger partial charge on any atom is 0.176 e. The van der Waals surface area contributed by atoms with Crippen LogP contribution in [0.25, 0.3) is 6.08 Å². The Kier molecular flexibility index (Phi) is 4.42. The number of para-hydroxylation sites is 1. The van der Waals surface area contributed by atoms with Gasteiger partial charge in [-0.15, -0.1) is 0 Å². The molecule has 3 atom stereocenters. The summed E-state index contributed by atoms with van der Waals surface area (Å²) < 4.78 is 0. The normalized spacial score (nSPS) is 24.0. The van der Waals surface area contributed by atoms with Gasteiger partial charge in [0.1, 0.15) is 0 Å². The molecule has 2 aliphatic rings. The third-order valence-electron chi connectivity index (χ3n) is 5.63. The van der Waals surface area contributed by atoms with Gasteiger partial charge >= 0.3 is 0 Å². The zero-order chi connectivity index (χ0) is 20.1. The summed E-state index contributed by atoms with van der Waals surface area (Å²) in [6, 6.07) is 16.0. The molecule has 4 rings (SSSR count). The number of rotatable bonds is 2. The fourth-order valence-corrected chi connectivity index (χ4v) is 4.77. The number of fused-ring (bicyclic) bond motifs is 3. The molecule has 28 heavy (non-hydrogen) atoms. The molecule has 2 heterocycles. The summed E-state index contributed by atoms with van der Waals surface area (Å²) in [5.74, 6) is -0.783. The van der Waals surface area contributed by atoms with Crippen molar-refractivity contribution in [2.45, 2.75) is 24.9 Å². The lowest BCUT2D eigenvalue weighted by atomic mass is 9.69. The summed E-state index contributed by atoms with van der Waals surface area (Å²) >= 11 is 12.3. The number of nitriles is 2. The quantitative estimate of drug-likeness (QED) is 0.703. The van der Waals surface area contributed by atoms with Crippen LogP contribution >= 0.6 is 23.2 Å². The number of hydrogen-bond acceptors (Lipinski definition) is 4. The van der Waals surface area contributed by atoms with Crippen molar-refractivity contribution in [3.8, 4) is 12.1 Å². The highest BCUT2D eigenvalue weighted by molar-refractivity contribution is 6.42. The first kappa shape index (κ1) is 18.6. The molecule has 138 valence electrons. The first-order valence-corrected chi connectivity index (χ1v) is 9.53. The fourth-order valence-electron chi connectivity index (χ4n) is 4.47. The lowest BCUT2D eigenvalue weighted by Gasteiger charge is -2.35. The Morgan fingerprint density at radius 2 is 1.82 bits per heavy atom. The SMILES string of the molecule is CC(=O)[C@@H]1[C@H](c2ccc(Cl)c(Cl)c2)C(C#N)(C#N)[C@H]2C=Cc3ccccc3N12. The number of ketones is 1. The summed E-state index contributed by atoms with van der Waals surface area (Å²) in [4.78, 5) is 14.7. The summed E-state index contributed by atoms with van der Waals surface area (Å²) in [5.41, 5.74) is 0.993. The molecular weight excluding hydrogens is 393 g/mol. The van der Waals surface area contributed by atoms with Crippen molar-refractivity contribution < 1.29 is 4.79 Å². The highest BCUT2D eigenvalue weighted by Gasteiger charge is 2.62. The van der Waals surface area contributed by atoms with E-state index in [1.165, 1.54) is 6.92 Å². The molecule has 0 N–H and O–H groups in total. The second kappa shape index (κ2) is 6.67. The minimum atomic E-state index is -1.45. The van der Waals surface area contributed by atoms with Crippen LogP contribution in [0.15, 0.2) is 48.5 Å². The van der Waals surface area contributed by atoms with Crippen molar-refractivity contribution in [1.82, 2.24) is 0 Å². The summed E-state index contributed by atoms with van der Waals surface area (Å²) in [7, 11) is 0. The number of carbonyl (C=O) groups excluding carboxylic acids is 1. The standard InChI is InChI=1S/C22H15Cl2N3O/c1-13(28)21-20(15-6-8-16(23)17(24)10-15)22(11-25,12-26)19-9-7-14-4-2-3-5-18(14)27(19)21/h2-10,19-21H,1H3/t19-,20+,21-/m1/s1. The molecule has 2 aliphatic heterocycles. The van der Waals surface area contributed by atoms with Crippen LogP contribution in [-0.2, 0) is 4.79 Å². The maximum absolute atomic E-state index is 12.8. The van der Waals surface area contributed by atoms with Gasteiger partial charge in [-0.1, -0.05) is 59.6 Å². The summed E-state index contributed by atoms with van der Waals surface area (Å²) in [6.45, 7) is 1.50. The van der Waals surface area contributed by atoms with Gasteiger partial charge in [0.15, 0.2) is 11.2 Å². The van der Waals surface area contributed by atoms with Crippen LogP contribution in [0.3, 0.4) is 0 Å². The zero-order valence-corrected chi connectivity index (χ0v) is 16.4. The number of hydrogen-bond donors (Lipinski definition) is 0. The van der Waals surface area contributed by atoms with Gasteiger partial charge in [0.25, 0.3) is 0 Å². The molecule has 1 saturated heterocycles. The van der Waals surface area contributed by atoms with Crippen LogP contribution in [-0.4, -0.2) is 17.9 Å². The molecular formula is C22H15Cl2N3O. The molecule has 1 fully saturated rings. The smallest absolute Gasteiger partial charge is 0.176 e. The van der Waals surface area contributed by atoms with E-state index >= 15 is 0 Å². The number of anilines is 1. The Labute approximate surface area is 173 Å². The van der Waals surface area contributed by atoms with Crippen molar-refractivity contribution in [2.75, 3.05) is 4.90 Å². The van der Waals surface area contributed by atoms with E-state index in [0.717, 1.165) is 11.3 Å². The predicted octanol–water partition coefficient (Wildman–Crippen LogP) is 4.98. The Morgan fingerprint density at radius 3 is 2.46 bits per heavy atom. The van der Waals surface area contributed by atoms with Crippen molar-refractivity contribution in [1.29, 1.82) is 10.5 Å². The molecule has 0 bridgehead atoms. The fraction of sp³-hybridized carbons (Fsp3) is 0.227. The Hall–Kier alpha value is -2.79. The van der Waals surface area contributed by atoms with E-state index in [9.17, 15) is 15.3 Å². The van der Waals surface area contributed by atoms with Crippen molar-refractivity contribution >= 4 is 40.7 Å². The average Bonchev–Trinajstić information content (AvgIpc) is 3.01. The van der Waals surface area contributed by atoms with Gasteiger partial charge in [0, 0.05) is 11.6 Å². The van der Waals surface area contributed by atoms with Crippen LogP contribution in [0.5, 0.6) is 0 Å². The molecule has 2 aromatic carbocycles. The summed E-state index contributed by atoms with van der Waals surface area (Å²) in [5, 5.41) is 21.0. The molecule has 4 nitrogen and oxygen atoms in total. The monoisotopic (exact) mass is 407 g/mol. The lowest BCUT2D eigenvalue weighted by molar-refractivity contribution is -0.118. The number of halogens is 2. The minimum absolute atomic E-state index is 0.112. The van der Waals surface area contributed by atoms with Gasteiger partial charge in [0.2, 0.25) is 0 Å². The van der Waals surface area contributed by atoms with E-state index < -0.39 is 23.4 Å². The largest absolute Gasteiger partial charge is 0.351 e. The molecule has 0 aliphatic carbocycles. The molecule has 0 unspecified atom stereocenters. The Balaban J connectivity index is 2.00. The van der Waals surface area contributed by atoms with E-state index in [4.69, 9.17) is 23.2 Å². The van der Waals surface area contributed by atoms with Crippen LogP contribution < -0.4 is 4.90 Å². The van der Waals surface area contributed by atoms with Crippen LogP contribution in [0.2, 0.25) is 10.0 Å². The van der Waals surface area contributed by atoms with Gasteiger partial charge < -0.3 is 4.90 Å². The minimum Gasteiger partial charge on any atom is -0.351 e. The molecule has 2 aromatic rings. The third kappa shape index (κ3) is 2.46. The topological polar surface area (TPSA) is 67.9 Å². The Bertz CT molecular complexity index is 1080. The number of carbonyl (C=O) groups is 1. The van der Waals surface area contributed by atoms with Crippen molar-refractivity contribution in [3.05, 3.63) is 69.7 Å². The number of benzene rings is 2. The van der Waals surface area contributed by atoms with Crippen LogP contribution in [0.1, 0.15) is 24.0 Å². The Morgan fingerprint density at radius 1 is 1.11 bits per heavy atom. The van der Waals surface area contributed by atoms with E-state index in [0.29, 0.717) is 15.6 Å². The molecule has 0 radical (unpaired) electrons. The van der Waals surface area contributed by atoms with Crippen molar-refractivity contribution in [3.63, 3.8) is 0 Å². The summed E-state index contributed by atoms with van der Waals surface area (Å²) in [6.07, 6.45) is 3.76. The van der Waals surface area contributed by atoms with Gasteiger partial charge in [-0.2, -0.15) is 10.5 Å². The van der Waals surface area contributed by atoms with Gasteiger partial charge in [-0.25, -0.2) is 0 Å². The van der Waals surface area contributed by atoms with Crippen molar-refractivity contribution in [2.24, 2.45) is 5.41 Å². The zero-order valence-electron chi connectivity index (χ0n) is 14.9. The van der Waals surface area contributed by atoms with Crippen LogP contribution in [0.4, 0.5) is 5.69 Å². The second-order valence-electron chi connectivity index (χ2n) is 7.07. The van der Waals surface area contributed by atoms with E-state index in [-0.39, 0.29) is 5.78 Å². The molecule has 0 aromatic heterocycles. The lowest BCUT2D eigenvalue weighted by Crippen LogP contribution is -2.43. The van der Waals surface area contributed by atoms with Gasteiger partial charge in [0.05, 0.1) is 34.3 Å². The third-order valence-corrected chi connectivity index (χ3v) is 6.37. The predicted molar refractivity (Wildman–Crippen MR) is 109 cm³/mol. The average molecular weight is 408 g/mol. The number of Topliss-reactive ketones (excluding diaryl/α,β-unsaturated/α-hetero) is 1. The second-order valence-corrected chi connectivity index (χ2v) is 7.88. The van der Waals surface area contributed by atoms with E-state index in [1.807, 2.05) is 41.3 Å². The first-order chi connectivity index (χ1) is 13.4. The number of nitrogens with zero attached hydrogens (tertiary/aromatic N) is 3. The molecule has 0 spiro atoms. The molecule has 0 saturated carbocycles. The molecule has 6 heteroatoms. The van der Waals surface area contributed by atoms with Gasteiger partial charge in [-0.05, 0) is 36.2 Å². The molecule has 0 amide bonds. The highest BCUT2D eigenvalue weighted by Crippen LogP contribution is 2.55. The van der Waals surface area contributed by atoms with E-state index in [1.54, 1.807) is 18.2 Å².